The van der Waals surface area contributed by atoms with Crippen molar-refractivity contribution in [1.29, 1.82) is 0 Å². The van der Waals surface area contributed by atoms with Crippen LogP contribution in [0.15, 0.2) is 94.0 Å². The minimum absolute atomic E-state index is 0.210. The number of benzene rings is 3. The predicted octanol–water partition coefficient (Wildman–Crippen LogP) is 5.58. The molecule has 1 atom stereocenters. The number of ether oxygens (including phenoxy) is 2. The van der Waals surface area contributed by atoms with Crippen LogP contribution in [0.4, 0.5) is 0 Å². The van der Waals surface area contributed by atoms with E-state index in [9.17, 15) is 9.59 Å². The van der Waals surface area contributed by atoms with E-state index in [1.54, 1.807) is 25.5 Å². The fourth-order valence-corrected chi connectivity index (χ4v) is 7.03. The van der Waals surface area contributed by atoms with E-state index in [1.807, 2.05) is 71.6 Å². The average Bonchev–Trinajstić information content (AvgIpc) is 3.56. The average molecular weight is 619 g/mol. The van der Waals surface area contributed by atoms with Gasteiger partial charge < -0.3 is 9.47 Å². The van der Waals surface area contributed by atoms with E-state index in [-0.39, 0.29) is 12.2 Å². The summed E-state index contributed by atoms with van der Waals surface area (Å²) < 4.78 is 14.7. The number of rotatable bonds is 7. The Kier molecular flexibility index (Phi) is 8.12. The van der Waals surface area contributed by atoms with Crippen LogP contribution in [0.25, 0.3) is 23.0 Å². The molecule has 1 aliphatic rings. The van der Waals surface area contributed by atoms with Crippen molar-refractivity contribution in [1.82, 2.24) is 14.3 Å². The maximum absolute atomic E-state index is 14.3. The van der Waals surface area contributed by atoms with Crippen molar-refractivity contribution in [2.75, 3.05) is 13.7 Å². The first-order valence-corrected chi connectivity index (χ1v) is 15.6. The quantitative estimate of drug-likeness (QED) is 0.222. The molecule has 0 spiro atoms. The Hall–Kier alpha value is -5.02. The highest BCUT2D eigenvalue weighted by Gasteiger charge is 2.33. The summed E-state index contributed by atoms with van der Waals surface area (Å²) in [5.41, 5.74) is 8.30. The van der Waals surface area contributed by atoms with Gasteiger partial charge in [0, 0.05) is 17.3 Å². The lowest BCUT2D eigenvalue weighted by molar-refractivity contribution is -0.139. The number of para-hydroxylation sites is 1. The molecule has 45 heavy (non-hydrogen) atoms. The Morgan fingerprint density at radius 3 is 2.33 bits per heavy atom. The van der Waals surface area contributed by atoms with Crippen LogP contribution in [-0.2, 0) is 9.53 Å². The maximum atomic E-state index is 14.3. The third kappa shape index (κ3) is 5.55. The Morgan fingerprint density at radius 1 is 1.00 bits per heavy atom. The van der Waals surface area contributed by atoms with Crippen molar-refractivity contribution in [2.24, 2.45) is 4.99 Å². The molecule has 0 N–H and O–H groups in total. The zero-order chi connectivity index (χ0) is 31.8. The zero-order valence-electron chi connectivity index (χ0n) is 26.1. The standard InChI is InChI=1S/C36H34N4O4S/c1-7-44-35(42)31-24(5)37-36-40(33(31)25-13-15-28(43-6)16-14-25)34(41)29(45-36)19-26-20-39(27-11-9-8-10-12-27)38-32(26)30-22(3)17-21(2)18-23(30)4/h8-20,33H,7H2,1-6H3. The molecule has 0 bridgehead atoms. The van der Waals surface area contributed by atoms with E-state index in [0.29, 0.717) is 26.4 Å². The monoisotopic (exact) mass is 618 g/mol. The second-order valence-corrected chi connectivity index (χ2v) is 12.1. The van der Waals surface area contributed by atoms with Crippen molar-refractivity contribution in [3.05, 3.63) is 132 Å². The Balaban J connectivity index is 1.58. The number of nitrogens with zero attached hydrogens (tertiary/aromatic N) is 4. The van der Waals surface area contributed by atoms with E-state index in [2.05, 4.69) is 32.9 Å². The largest absolute Gasteiger partial charge is 0.497 e. The van der Waals surface area contributed by atoms with Gasteiger partial charge in [-0.3, -0.25) is 9.36 Å². The number of methoxy groups -OCH3 is 1. The van der Waals surface area contributed by atoms with Gasteiger partial charge in [-0.05, 0) is 81.7 Å². The number of thiazole rings is 1. The van der Waals surface area contributed by atoms with E-state index in [1.165, 1.54) is 16.9 Å². The summed E-state index contributed by atoms with van der Waals surface area (Å²) in [5.74, 6) is 0.180. The van der Waals surface area contributed by atoms with E-state index >= 15 is 0 Å². The maximum Gasteiger partial charge on any atom is 0.338 e. The SMILES string of the molecule is CCOC(=O)C1=C(C)N=c2sc(=Cc3cn(-c4ccccc4)nc3-c3c(C)cc(C)cc3C)c(=O)n2C1c1ccc(OC)cc1. The summed E-state index contributed by atoms with van der Waals surface area (Å²) in [7, 11) is 1.60. The summed E-state index contributed by atoms with van der Waals surface area (Å²) in [6, 6.07) is 20.9. The van der Waals surface area contributed by atoms with Crippen LogP contribution in [-0.4, -0.2) is 34.0 Å². The zero-order valence-corrected chi connectivity index (χ0v) is 26.9. The lowest BCUT2D eigenvalue weighted by Crippen LogP contribution is -2.39. The van der Waals surface area contributed by atoms with Gasteiger partial charge >= 0.3 is 5.97 Å². The first-order valence-electron chi connectivity index (χ1n) is 14.8. The van der Waals surface area contributed by atoms with Crippen molar-refractivity contribution in [3.8, 4) is 22.7 Å². The van der Waals surface area contributed by atoms with Gasteiger partial charge in [0.1, 0.15) is 11.4 Å². The van der Waals surface area contributed by atoms with Crippen molar-refractivity contribution >= 4 is 23.4 Å². The Morgan fingerprint density at radius 2 is 1.69 bits per heavy atom. The van der Waals surface area contributed by atoms with Crippen LogP contribution in [0.2, 0.25) is 0 Å². The van der Waals surface area contributed by atoms with Gasteiger partial charge in [0.15, 0.2) is 4.80 Å². The number of aromatic nitrogens is 3. The molecule has 3 heterocycles. The molecule has 9 heteroatoms. The molecule has 0 amide bonds. The lowest BCUT2D eigenvalue weighted by Gasteiger charge is -2.24. The number of hydrogen-bond donors (Lipinski definition) is 0. The van der Waals surface area contributed by atoms with E-state index in [4.69, 9.17) is 19.6 Å². The van der Waals surface area contributed by atoms with Gasteiger partial charge in [-0.25, -0.2) is 14.5 Å². The highest BCUT2D eigenvalue weighted by atomic mass is 32.1. The molecule has 6 rings (SSSR count). The molecule has 0 saturated heterocycles. The highest BCUT2D eigenvalue weighted by Crippen LogP contribution is 2.33. The molecular formula is C36H34N4O4S. The first-order chi connectivity index (χ1) is 21.7. The molecule has 5 aromatic rings. The number of carbonyl (C=O) groups is 1. The molecular weight excluding hydrogens is 584 g/mol. The molecule has 3 aromatic carbocycles. The summed E-state index contributed by atoms with van der Waals surface area (Å²) in [6.07, 6.45) is 3.84. The summed E-state index contributed by atoms with van der Waals surface area (Å²) in [6.45, 7) is 10.0. The van der Waals surface area contributed by atoms with Crippen molar-refractivity contribution < 1.29 is 14.3 Å². The molecule has 0 saturated carbocycles. The van der Waals surface area contributed by atoms with E-state index in [0.717, 1.165) is 39.2 Å². The van der Waals surface area contributed by atoms with Crippen LogP contribution >= 0.6 is 11.3 Å². The number of carbonyl (C=O) groups excluding carboxylic acids is 1. The number of aryl methyl sites for hydroxylation is 3. The fraction of sp³-hybridized carbons (Fsp3) is 0.222. The second-order valence-electron chi connectivity index (χ2n) is 11.1. The third-order valence-corrected chi connectivity index (χ3v) is 8.90. The number of fused-ring (bicyclic) bond motifs is 1. The van der Waals surface area contributed by atoms with Gasteiger partial charge in [0.25, 0.3) is 5.56 Å². The van der Waals surface area contributed by atoms with Crippen LogP contribution in [0.3, 0.4) is 0 Å². The molecule has 0 aliphatic carbocycles. The summed E-state index contributed by atoms with van der Waals surface area (Å²) in [4.78, 5) is 32.8. The first kappa shape index (κ1) is 30.0. The minimum Gasteiger partial charge on any atom is -0.497 e. The molecule has 1 aliphatic heterocycles. The molecule has 2 aromatic heterocycles. The fourth-order valence-electron chi connectivity index (χ4n) is 5.99. The second kappa shape index (κ2) is 12.2. The lowest BCUT2D eigenvalue weighted by atomic mass is 9.95. The Bertz CT molecular complexity index is 2110. The minimum atomic E-state index is -0.707. The molecule has 1 unspecified atom stereocenters. The summed E-state index contributed by atoms with van der Waals surface area (Å²) in [5, 5.41) is 5.03. The molecule has 0 radical (unpaired) electrons. The van der Waals surface area contributed by atoms with Crippen LogP contribution in [0.5, 0.6) is 5.75 Å². The number of esters is 1. The van der Waals surface area contributed by atoms with E-state index < -0.39 is 12.0 Å². The molecule has 0 fully saturated rings. The number of allylic oxidation sites excluding steroid dienone is 1. The van der Waals surface area contributed by atoms with Crippen LogP contribution in [0, 0.1) is 20.8 Å². The van der Waals surface area contributed by atoms with Gasteiger partial charge in [-0.2, -0.15) is 5.10 Å². The summed E-state index contributed by atoms with van der Waals surface area (Å²) >= 11 is 1.29. The van der Waals surface area contributed by atoms with Gasteiger partial charge in [0.2, 0.25) is 0 Å². The number of hydrogen-bond acceptors (Lipinski definition) is 7. The highest BCUT2D eigenvalue weighted by molar-refractivity contribution is 7.07. The third-order valence-electron chi connectivity index (χ3n) is 7.91. The van der Waals surface area contributed by atoms with Crippen molar-refractivity contribution in [3.63, 3.8) is 0 Å². The smallest absolute Gasteiger partial charge is 0.338 e. The van der Waals surface area contributed by atoms with Gasteiger partial charge in [-0.15, -0.1) is 0 Å². The van der Waals surface area contributed by atoms with Crippen LogP contribution < -0.4 is 19.6 Å². The van der Waals surface area contributed by atoms with Crippen molar-refractivity contribution in [2.45, 2.75) is 40.7 Å². The topological polar surface area (TPSA) is 87.7 Å². The Labute approximate surface area is 265 Å². The van der Waals surface area contributed by atoms with Gasteiger partial charge in [-0.1, -0.05) is 59.4 Å². The normalized spacial score (nSPS) is 14.7. The van der Waals surface area contributed by atoms with Gasteiger partial charge in [0.05, 0.1) is 41.2 Å². The van der Waals surface area contributed by atoms with Crippen LogP contribution in [0.1, 0.15) is 47.7 Å². The molecule has 8 nitrogen and oxygen atoms in total. The molecule has 228 valence electrons. The predicted molar refractivity (Wildman–Crippen MR) is 177 cm³/mol.